The Morgan fingerprint density at radius 1 is 1.17 bits per heavy atom. The predicted octanol–water partition coefficient (Wildman–Crippen LogP) is 3.10. The van der Waals surface area contributed by atoms with Crippen molar-refractivity contribution in [2.75, 3.05) is 13.1 Å². The summed E-state index contributed by atoms with van der Waals surface area (Å²) in [6.07, 6.45) is 4.49. The lowest BCUT2D eigenvalue weighted by Gasteiger charge is -2.18. The number of nitrogens with two attached hydrogens (primary N) is 1. The zero-order chi connectivity index (χ0) is 17.8. The Morgan fingerprint density at radius 2 is 1.88 bits per heavy atom. The number of unbranched alkanes of at least 4 members (excludes halogenated alkanes) is 1. The minimum Gasteiger partial charge on any atom is -0.356 e. The van der Waals surface area contributed by atoms with Crippen molar-refractivity contribution in [3.63, 3.8) is 0 Å². The number of benzene rings is 1. The summed E-state index contributed by atoms with van der Waals surface area (Å²) in [5, 5.41) is 2.95. The average Bonchev–Trinajstić information content (AvgIpc) is 2.59. The number of Topliss-reactive ketones (excluding diaryl/α,β-unsaturated/α-hetero) is 1. The van der Waals surface area contributed by atoms with Gasteiger partial charge in [0.1, 0.15) is 5.78 Å². The summed E-state index contributed by atoms with van der Waals surface area (Å²) in [5.74, 6) is -0.170. The SMILES string of the molecule is CCCCNC(=O)[C@H](CCCN)CC(=O)[C@@H](C)Cc1ccccc1. The van der Waals surface area contributed by atoms with Gasteiger partial charge in [-0.15, -0.1) is 0 Å². The van der Waals surface area contributed by atoms with E-state index in [2.05, 4.69) is 12.2 Å². The molecule has 0 aliphatic rings. The van der Waals surface area contributed by atoms with Gasteiger partial charge < -0.3 is 11.1 Å². The van der Waals surface area contributed by atoms with Crippen molar-refractivity contribution in [3.8, 4) is 0 Å². The first-order valence-electron chi connectivity index (χ1n) is 9.12. The van der Waals surface area contributed by atoms with Crippen molar-refractivity contribution in [3.05, 3.63) is 35.9 Å². The molecule has 0 fully saturated rings. The molecular formula is C20H32N2O2. The maximum Gasteiger partial charge on any atom is 0.223 e. The van der Waals surface area contributed by atoms with Crippen LogP contribution in [0.4, 0.5) is 0 Å². The molecule has 0 radical (unpaired) electrons. The number of carbonyl (C=O) groups is 2. The molecular weight excluding hydrogens is 300 g/mol. The summed E-state index contributed by atoms with van der Waals surface area (Å²) in [5.41, 5.74) is 6.73. The summed E-state index contributed by atoms with van der Waals surface area (Å²) < 4.78 is 0. The highest BCUT2D eigenvalue weighted by molar-refractivity contribution is 5.88. The van der Waals surface area contributed by atoms with Crippen LogP contribution in [0.5, 0.6) is 0 Å². The van der Waals surface area contributed by atoms with Crippen LogP contribution in [0.3, 0.4) is 0 Å². The van der Waals surface area contributed by atoms with Gasteiger partial charge in [0.15, 0.2) is 0 Å². The first-order chi connectivity index (χ1) is 11.6. The van der Waals surface area contributed by atoms with Crippen LogP contribution in [-0.4, -0.2) is 24.8 Å². The summed E-state index contributed by atoms with van der Waals surface area (Å²) in [4.78, 5) is 24.9. The molecule has 1 aromatic carbocycles. The smallest absolute Gasteiger partial charge is 0.223 e. The van der Waals surface area contributed by atoms with E-state index in [1.54, 1.807) is 0 Å². The van der Waals surface area contributed by atoms with Crippen LogP contribution in [0, 0.1) is 11.8 Å². The molecule has 1 aromatic rings. The van der Waals surface area contributed by atoms with Gasteiger partial charge in [-0.3, -0.25) is 9.59 Å². The van der Waals surface area contributed by atoms with E-state index < -0.39 is 0 Å². The van der Waals surface area contributed by atoms with Crippen LogP contribution in [0.1, 0.15) is 51.5 Å². The maximum atomic E-state index is 12.5. The second-order valence-corrected chi connectivity index (χ2v) is 6.53. The van der Waals surface area contributed by atoms with Gasteiger partial charge in [0.25, 0.3) is 0 Å². The fourth-order valence-corrected chi connectivity index (χ4v) is 2.75. The molecule has 0 aliphatic carbocycles. The van der Waals surface area contributed by atoms with Gasteiger partial charge in [0, 0.05) is 24.8 Å². The molecule has 0 saturated carbocycles. The number of hydrogen-bond acceptors (Lipinski definition) is 3. The van der Waals surface area contributed by atoms with Crippen molar-refractivity contribution in [1.29, 1.82) is 0 Å². The highest BCUT2D eigenvalue weighted by Gasteiger charge is 2.24. The molecule has 0 aliphatic heterocycles. The van der Waals surface area contributed by atoms with Crippen LogP contribution in [-0.2, 0) is 16.0 Å². The molecule has 0 spiro atoms. The third-order valence-electron chi connectivity index (χ3n) is 4.34. The standard InChI is InChI=1S/C20H32N2O2/c1-3-4-13-22-20(24)18(11-8-12-21)15-19(23)16(2)14-17-9-6-5-7-10-17/h5-7,9-10,16,18H,3-4,8,11-15,21H2,1-2H3,(H,22,24)/t16-,18+/m0/s1. The minimum atomic E-state index is -0.254. The Labute approximate surface area is 146 Å². The van der Waals surface area contributed by atoms with Gasteiger partial charge in [-0.25, -0.2) is 0 Å². The molecule has 134 valence electrons. The number of hydrogen-bond donors (Lipinski definition) is 2. The largest absolute Gasteiger partial charge is 0.356 e. The van der Waals surface area contributed by atoms with Crippen LogP contribution < -0.4 is 11.1 Å². The normalized spacial score (nSPS) is 13.3. The monoisotopic (exact) mass is 332 g/mol. The second-order valence-electron chi connectivity index (χ2n) is 6.53. The summed E-state index contributed by atoms with van der Waals surface area (Å²) in [6, 6.07) is 10.0. The zero-order valence-corrected chi connectivity index (χ0v) is 15.1. The topological polar surface area (TPSA) is 72.2 Å². The molecule has 4 heteroatoms. The molecule has 0 bridgehead atoms. The van der Waals surface area contributed by atoms with E-state index in [0.29, 0.717) is 25.9 Å². The van der Waals surface area contributed by atoms with Gasteiger partial charge in [-0.1, -0.05) is 50.6 Å². The molecule has 1 amide bonds. The fraction of sp³-hybridized carbons (Fsp3) is 0.600. The molecule has 0 unspecified atom stereocenters. The van der Waals surface area contributed by atoms with E-state index in [1.807, 2.05) is 37.3 Å². The van der Waals surface area contributed by atoms with E-state index in [1.165, 1.54) is 0 Å². The van der Waals surface area contributed by atoms with Crippen molar-refractivity contribution >= 4 is 11.7 Å². The van der Waals surface area contributed by atoms with Crippen LogP contribution in [0.25, 0.3) is 0 Å². The van der Waals surface area contributed by atoms with E-state index in [0.717, 1.165) is 31.2 Å². The Hall–Kier alpha value is -1.68. The molecule has 24 heavy (non-hydrogen) atoms. The molecule has 0 heterocycles. The van der Waals surface area contributed by atoms with Crippen molar-refractivity contribution in [1.82, 2.24) is 5.32 Å². The molecule has 4 nitrogen and oxygen atoms in total. The molecule has 1 rings (SSSR count). The van der Waals surface area contributed by atoms with Crippen LogP contribution >= 0.6 is 0 Å². The highest BCUT2D eigenvalue weighted by atomic mass is 16.2. The fourth-order valence-electron chi connectivity index (χ4n) is 2.75. The summed E-state index contributed by atoms with van der Waals surface area (Å²) in [6.45, 7) is 5.27. The molecule has 0 saturated heterocycles. The highest BCUT2D eigenvalue weighted by Crippen LogP contribution is 2.18. The Balaban J connectivity index is 2.56. The Kier molecular flexibility index (Phi) is 10.0. The maximum absolute atomic E-state index is 12.5. The van der Waals surface area contributed by atoms with E-state index in [4.69, 9.17) is 5.73 Å². The molecule has 0 aromatic heterocycles. The third-order valence-corrected chi connectivity index (χ3v) is 4.34. The molecule has 2 atom stereocenters. The lowest BCUT2D eigenvalue weighted by Crippen LogP contribution is -2.34. The number of rotatable bonds is 12. The van der Waals surface area contributed by atoms with Gasteiger partial charge in [0.05, 0.1) is 0 Å². The van der Waals surface area contributed by atoms with Crippen LogP contribution in [0.2, 0.25) is 0 Å². The first kappa shape index (κ1) is 20.4. The Bertz CT molecular complexity index is 488. The summed E-state index contributed by atoms with van der Waals surface area (Å²) >= 11 is 0. The van der Waals surface area contributed by atoms with Crippen molar-refractivity contribution in [2.24, 2.45) is 17.6 Å². The van der Waals surface area contributed by atoms with E-state index in [9.17, 15) is 9.59 Å². The van der Waals surface area contributed by atoms with Gasteiger partial charge in [-0.2, -0.15) is 0 Å². The van der Waals surface area contributed by atoms with Crippen molar-refractivity contribution in [2.45, 2.75) is 52.4 Å². The second kappa shape index (κ2) is 11.8. The number of amides is 1. The number of nitrogens with one attached hydrogen (secondary N) is 1. The number of carbonyl (C=O) groups excluding carboxylic acids is 2. The average molecular weight is 332 g/mol. The number of ketones is 1. The quantitative estimate of drug-likeness (QED) is 0.578. The first-order valence-corrected chi connectivity index (χ1v) is 9.12. The van der Waals surface area contributed by atoms with E-state index in [-0.39, 0.29) is 23.5 Å². The minimum absolute atomic E-state index is 0.00263. The van der Waals surface area contributed by atoms with Gasteiger partial charge >= 0.3 is 0 Å². The van der Waals surface area contributed by atoms with E-state index >= 15 is 0 Å². The van der Waals surface area contributed by atoms with Crippen LogP contribution in [0.15, 0.2) is 30.3 Å². The Morgan fingerprint density at radius 3 is 2.50 bits per heavy atom. The lowest BCUT2D eigenvalue weighted by atomic mass is 9.88. The van der Waals surface area contributed by atoms with Crippen molar-refractivity contribution < 1.29 is 9.59 Å². The van der Waals surface area contributed by atoms with Gasteiger partial charge in [0.2, 0.25) is 5.91 Å². The zero-order valence-electron chi connectivity index (χ0n) is 15.1. The summed E-state index contributed by atoms with van der Waals surface area (Å²) in [7, 11) is 0. The lowest BCUT2D eigenvalue weighted by molar-refractivity contribution is -0.131. The third kappa shape index (κ3) is 7.73. The molecule has 3 N–H and O–H groups in total. The van der Waals surface area contributed by atoms with Gasteiger partial charge in [-0.05, 0) is 37.8 Å². The predicted molar refractivity (Wildman–Crippen MR) is 98.6 cm³/mol.